The maximum atomic E-state index is 9.72. The van der Waals surface area contributed by atoms with Crippen molar-refractivity contribution in [1.29, 1.82) is 0 Å². The van der Waals surface area contributed by atoms with E-state index in [1.165, 1.54) is 0 Å². The van der Waals surface area contributed by atoms with Crippen LogP contribution in [0, 0.1) is 5.92 Å². The summed E-state index contributed by atoms with van der Waals surface area (Å²) in [7, 11) is 0. The molecule has 2 aromatic heterocycles. The second-order valence-electron chi connectivity index (χ2n) is 4.58. The van der Waals surface area contributed by atoms with Crippen LogP contribution in [-0.4, -0.2) is 32.4 Å². The van der Waals surface area contributed by atoms with Gasteiger partial charge in [-0.1, -0.05) is 12.5 Å². The Bertz CT molecular complexity index is 477. The average Bonchev–Trinajstić information content (AvgIpc) is 2.92. The quantitative estimate of drug-likeness (QED) is 0.837. The van der Waals surface area contributed by atoms with E-state index in [0.717, 1.165) is 31.5 Å². The van der Waals surface area contributed by atoms with Crippen LogP contribution in [0.2, 0.25) is 0 Å². The molecule has 2 heterocycles. The first-order valence-electron chi connectivity index (χ1n) is 6.06. The van der Waals surface area contributed by atoms with E-state index in [1.54, 1.807) is 4.52 Å². The summed E-state index contributed by atoms with van der Waals surface area (Å²) in [5.41, 5.74) is 0.835. The Morgan fingerprint density at radius 2 is 2.35 bits per heavy atom. The van der Waals surface area contributed by atoms with Crippen molar-refractivity contribution in [1.82, 2.24) is 14.6 Å². The molecule has 2 aromatic rings. The fourth-order valence-electron chi connectivity index (χ4n) is 2.38. The van der Waals surface area contributed by atoms with E-state index in [4.69, 9.17) is 0 Å². The number of nitrogens with zero attached hydrogens (tertiary/aromatic N) is 3. The molecule has 2 unspecified atom stereocenters. The van der Waals surface area contributed by atoms with Crippen LogP contribution < -0.4 is 5.32 Å². The highest BCUT2D eigenvalue weighted by Crippen LogP contribution is 2.25. The van der Waals surface area contributed by atoms with Crippen LogP contribution in [0.3, 0.4) is 0 Å². The Balaban J connectivity index is 1.68. The van der Waals surface area contributed by atoms with E-state index in [0.29, 0.717) is 11.9 Å². The minimum Gasteiger partial charge on any atom is -0.393 e. The predicted molar refractivity (Wildman–Crippen MR) is 64.8 cm³/mol. The molecule has 0 aliphatic heterocycles. The molecular weight excluding hydrogens is 216 g/mol. The van der Waals surface area contributed by atoms with Gasteiger partial charge in [-0.15, -0.1) is 5.10 Å². The van der Waals surface area contributed by atoms with Gasteiger partial charge in [-0.2, -0.15) is 4.98 Å². The third-order valence-electron chi connectivity index (χ3n) is 3.38. The fourth-order valence-corrected chi connectivity index (χ4v) is 2.38. The van der Waals surface area contributed by atoms with Crippen LogP contribution in [-0.2, 0) is 0 Å². The number of rotatable bonds is 3. The van der Waals surface area contributed by atoms with Crippen molar-refractivity contribution >= 4 is 11.6 Å². The van der Waals surface area contributed by atoms with Crippen molar-refractivity contribution in [2.45, 2.75) is 25.4 Å². The second kappa shape index (κ2) is 4.33. The molecule has 0 bridgehead atoms. The summed E-state index contributed by atoms with van der Waals surface area (Å²) in [4.78, 5) is 4.36. The molecule has 1 saturated carbocycles. The van der Waals surface area contributed by atoms with Gasteiger partial charge >= 0.3 is 0 Å². The Morgan fingerprint density at radius 3 is 3.12 bits per heavy atom. The van der Waals surface area contributed by atoms with Crippen molar-refractivity contribution in [3.05, 3.63) is 24.4 Å². The lowest BCUT2D eigenvalue weighted by Crippen LogP contribution is -2.22. The SMILES string of the molecule is OC1CCCC1CNc1nc2ccccn2n1. The maximum Gasteiger partial charge on any atom is 0.243 e. The lowest BCUT2D eigenvalue weighted by molar-refractivity contribution is 0.138. The molecule has 1 fully saturated rings. The van der Waals surface area contributed by atoms with Gasteiger partial charge in [0.05, 0.1) is 6.10 Å². The standard InChI is InChI=1S/C12H16N4O/c17-10-5-3-4-9(10)8-13-12-14-11-6-1-2-7-16(11)15-12/h1-2,6-7,9-10,17H,3-5,8H2,(H,13,15). The summed E-state index contributed by atoms with van der Waals surface area (Å²) in [6.45, 7) is 0.748. The monoisotopic (exact) mass is 232 g/mol. The van der Waals surface area contributed by atoms with Crippen molar-refractivity contribution in [2.24, 2.45) is 5.92 Å². The minimum absolute atomic E-state index is 0.167. The number of anilines is 1. The number of fused-ring (bicyclic) bond motifs is 1. The van der Waals surface area contributed by atoms with Crippen molar-refractivity contribution in [3.8, 4) is 0 Å². The number of pyridine rings is 1. The van der Waals surface area contributed by atoms with Gasteiger partial charge in [-0.3, -0.25) is 0 Å². The maximum absolute atomic E-state index is 9.72. The minimum atomic E-state index is -0.167. The molecule has 0 amide bonds. The molecule has 2 N–H and O–H groups in total. The van der Waals surface area contributed by atoms with Gasteiger partial charge in [0.1, 0.15) is 0 Å². The highest BCUT2D eigenvalue weighted by Gasteiger charge is 2.24. The van der Waals surface area contributed by atoms with Crippen molar-refractivity contribution in [3.63, 3.8) is 0 Å². The van der Waals surface area contributed by atoms with E-state index in [9.17, 15) is 5.11 Å². The molecule has 5 nitrogen and oxygen atoms in total. The fraction of sp³-hybridized carbons (Fsp3) is 0.500. The molecule has 0 radical (unpaired) electrons. The van der Waals surface area contributed by atoms with Gasteiger partial charge in [0.25, 0.3) is 0 Å². The normalized spacial score (nSPS) is 24.3. The highest BCUT2D eigenvalue weighted by molar-refractivity contribution is 5.42. The lowest BCUT2D eigenvalue weighted by Gasteiger charge is -2.13. The third-order valence-corrected chi connectivity index (χ3v) is 3.38. The van der Waals surface area contributed by atoms with Crippen LogP contribution in [0.4, 0.5) is 5.95 Å². The van der Waals surface area contributed by atoms with Crippen LogP contribution in [0.15, 0.2) is 24.4 Å². The zero-order valence-electron chi connectivity index (χ0n) is 9.58. The van der Waals surface area contributed by atoms with E-state index in [-0.39, 0.29) is 6.10 Å². The van der Waals surface area contributed by atoms with Gasteiger partial charge in [0, 0.05) is 18.7 Å². The van der Waals surface area contributed by atoms with E-state index in [2.05, 4.69) is 15.4 Å². The number of aromatic nitrogens is 3. The second-order valence-corrected chi connectivity index (χ2v) is 4.58. The van der Waals surface area contributed by atoms with E-state index >= 15 is 0 Å². The Morgan fingerprint density at radius 1 is 1.41 bits per heavy atom. The topological polar surface area (TPSA) is 62.5 Å². The zero-order valence-corrected chi connectivity index (χ0v) is 9.58. The molecule has 3 rings (SSSR count). The molecule has 1 aliphatic rings. The summed E-state index contributed by atoms with van der Waals surface area (Å²) in [6.07, 6.45) is 4.83. The molecular formula is C12H16N4O. The van der Waals surface area contributed by atoms with Gasteiger partial charge < -0.3 is 10.4 Å². The molecule has 0 saturated heterocycles. The summed E-state index contributed by atoms with van der Waals surface area (Å²) in [5.74, 6) is 0.969. The molecule has 0 aromatic carbocycles. The predicted octanol–water partition coefficient (Wildman–Crippen LogP) is 1.30. The number of aliphatic hydroxyl groups excluding tert-OH is 1. The van der Waals surface area contributed by atoms with Crippen LogP contribution in [0.25, 0.3) is 5.65 Å². The summed E-state index contributed by atoms with van der Waals surface area (Å²) in [5, 5.41) is 17.2. The van der Waals surface area contributed by atoms with E-state index in [1.807, 2.05) is 24.4 Å². The lowest BCUT2D eigenvalue weighted by atomic mass is 10.1. The number of hydrogen-bond acceptors (Lipinski definition) is 4. The molecule has 1 aliphatic carbocycles. The largest absolute Gasteiger partial charge is 0.393 e. The highest BCUT2D eigenvalue weighted by atomic mass is 16.3. The number of nitrogens with one attached hydrogen (secondary N) is 1. The van der Waals surface area contributed by atoms with Gasteiger partial charge in [-0.05, 0) is 25.0 Å². The number of hydrogen-bond donors (Lipinski definition) is 2. The first-order valence-corrected chi connectivity index (χ1v) is 6.06. The Kier molecular flexibility index (Phi) is 2.68. The Hall–Kier alpha value is -1.62. The average molecular weight is 232 g/mol. The summed E-state index contributed by atoms with van der Waals surface area (Å²) in [6, 6.07) is 5.78. The van der Waals surface area contributed by atoms with Crippen molar-refractivity contribution < 1.29 is 5.11 Å². The first-order chi connectivity index (χ1) is 8.33. The molecule has 5 heteroatoms. The first kappa shape index (κ1) is 10.5. The molecule has 2 atom stereocenters. The Labute approximate surface area is 99.5 Å². The summed E-state index contributed by atoms with van der Waals surface area (Å²) < 4.78 is 1.74. The van der Waals surface area contributed by atoms with Crippen LogP contribution in [0.5, 0.6) is 0 Å². The van der Waals surface area contributed by atoms with Gasteiger partial charge in [-0.25, -0.2) is 4.52 Å². The molecule has 0 spiro atoms. The number of aliphatic hydroxyl groups is 1. The molecule has 17 heavy (non-hydrogen) atoms. The molecule has 90 valence electrons. The van der Waals surface area contributed by atoms with Gasteiger partial charge in [0.2, 0.25) is 5.95 Å². The smallest absolute Gasteiger partial charge is 0.243 e. The van der Waals surface area contributed by atoms with E-state index < -0.39 is 0 Å². The van der Waals surface area contributed by atoms with Crippen LogP contribution in [0.1, 0.15) is 19.3 Å². The van der Waals surface area contributed by atoms with Gasteiger partial charge in [0.15, 0.2) is 5.65 Å². The zero-order chi connectivity index (χ0) is 11.7. The van der Waals surface area contributed by atoms with Crippen molar-refractivity contribution in [2.75, 3.05) is 11.9 Å². The third kappa shape index (κ3) is 2.10. The van der Waals surface area contributed by atoms with Crippen LogP contribution >= 0.6 is 0 Å². The summed E-state index contributed by atoms with van der Waals surface area (Å²) >= 11 is 0.